The van der Waals surface area contributed by atoms with E-state index in [1.54, 1.807) is 0 Å². The maximum absolute atomic E-state index is 13.2. The third kappa shape index (κ3) is 2.17. The van der Waals surface area contributed by atoms with Crippen LogP contribution in [0.25, 0.3) is 0 Å². The molecular formula is C9H17FN2. The van der Waals surface area contributed by atoms with Gasteiger partial charge in [-0.1, -0.05) is 0 Å². The molecule has 2 aliphatic rings. The summed E-state index contributed by atoms with van der Waals surface area (Å²) in [7, 11) is 0. The Balaban J connectivity index is 1.65. The normalized spacial score (nSPS) is 33.2. The minimum absolute atomic E-state index is 0.506. The fourth-order valence-electron chi connectivity index (χ4n) is 1.67. The van der Waals surface area contributed by atoms with Gasteiger partial charge in [0, 0.05) is 19.1 Å². The highest BCUT2D eigenvalue weighted by Gasteiger charge is 2.42. The van der Waals surface area contributed by atoms with Gasteiger partial charge in [-0.25, -0.2) is 4.39 Å². The molecule has 0 bridgehead atoms. The Morgan fingerprint density at radius 1 is 1.50 bits per heavy atom. The number of rotatable bonds is 3. The molecule has 0 aromatic rings. The average Bonchev–Trinajstić information content (AvgIpc) is 2.84. The van der Waals surface area contributed by atoms with Gasteiger partial charge in [0.2, 0.25) is 0 Å². The van der Waals surface area contributed by atoms with Gasteiger partial charge in [-0.15, -0.1) is 0 Å². The van der Waals surface area contributed by atoms with Crippen LogP contribution in [0.3, 0.4) is 0 Å². The van der Waals surface area contributed by atoms with E-state index in [-0.39, 0.29) is 0 Å². The van der Waals surface area contributed by atoms with Crippen molar-refractivity contribution in [2.24, 2.45) is 0 Å². The summed E-state index contributed by atoms with van der Waals surface area (Å²) < 4.78 is 13.2. The van der Waals surface area contributed by atoms with Crippen LogP contribution in [0.5, 0.6) is 0 Å². The van der Waals surface area contributed by atoms with Gasteiger partial charge in [-0.2, -0.15) is 0 Å². The van der Waals surface area contributed by atoms with Crippen LogP contribution in [-0.4, -0.2) is 31.3 Å². The molecule has 1 saturated carbocycles. The van der Waals surface area contributed by atoms with Crippen molar-refractivity contribution >= 4 is 0 Å². The van der Waals surface area contributed by atoms with Gasteiger partial charge in [0.05, 0.1) is 0 Å². The molecule has 1 unspecified atom stereocenters. The summed E-state index contributed by atoms with van der Waals surface area (Å²) in [5.41, 5.74) is -0.836. The molecule has 1 aliphatic heterocycles. The predicted octanol–water partition coefficient (Wildman–Crippen LogP) is 0.830. The molecule has 2 rings (SSSR count). The summed E-state index contributed by atoms with van der Waals surface area (Å²) in [5.74, 6) is 0. The number of alkyl halides is 1. The molecule has 0 radical (unpaired) electrons. The fraction of sp³-hybridized carbons (Fsp3) is 1.00. The van der Waals surface area contributed by atoms with Crippen LogP contribution in [0.1, 0.15) is 25.7 Å². The van der Waals surface area contributed by atoms with Crippen LogP contribution in [0.15, 0.2) is 0 Å². The zero-order valence-electron chi connectivity index (χ0n) is 7.41. The lowest BCUT2D eigenvalue weighted by Crippen LogP contribution is -2.45. The van der Waals surface area contributed by atoms with E-state index in [9.17, 15) is 4.39 Å². The molecule has 0 aromatic heterocycles. The van der Waals surface area contributed by atoms with Gasteiger partial charge in [0.1, 0.15) is 5.67 Å². The molecule has 1 saturated heterocycles. The zero-order chi connectivity index (χ0) is 8.44. The first-order chi connectivity index (χ1) is 5.79. The van der Waals surface area contributed by atoms with Gasteiger partial charge in [-0.3, -0.25) is 0 Å². The van der Waals surface area contributed by atoms with Crippen molar-refractivity contribution in [1.82, 2.24) is 10.6 Å². The Bertz CT molecular complexity index is 151. The molecule has 70 valence electrons. The second-order valence-corrected chi connectivity index (χ2v) is 4.08. The lowest BCUT2D eigenvalue weighted by atomic mass is 10.1. The largest absolute Gasteiger partial charge is 0.315 e. The molecule has 0 aromatic carbocycles. The van der Waals surface area contributed by atoms with E-state index in [2.05, 4.69) is 10.6 Å². The molecule has 3 heteroatoms. The second-order valence-electron chi connectivity index (χ2n) is 4.08. The smallest absolute Gasteiger partial charge is 0.123 e. The summed E-state index contributed by atoms with van der Waals surface area (Å²) in [6.07, 6.45) is 3.94. The summed E-state index contributed by atoms with van der Waals surface area (Å²) in [5, 5.41) is 6.59. The maximum Gasteiger partial charge on any atom is 0.123 e. The third-order valence-corrected chi connectivity index (χ3v) is 2.80. The lowest BCUT2D eigenvalue weighted by Gasteiger charge is -2.24. The van der Waals surface area contributed by atoms with E-state index in [1.165, 1.54) is 12.8 Å². The van der Waals surface area contributed by atoms with Crippen LogP contribution in [0, 0.1) is 0 Å². The summed E-state index contributed by atoms with van der Waals surface area (Å²) >= 11 is 0. The predicted molar refractivity (Wildman–Crippen MR) is 47.0 cm³/mol. The van der Waals surface area contributed by atoms with Crippen LogP contribution in [-0.2, 0) is 0 Å². The van der Waals surface area contributed by atoms with Gasteiger partial charge < -0.3 is 10.6 Å². The molecule has 1 aliphatic carbocycles. The van der Waals surface area contributed by atoms with Gasteiger partial charge in [0.25, 0.3) is 0 Å². The van der Waals surface area contributed by atoms with E-state index >= 15 is 0 Å². The van der Waals surface area contributed by atoms with E-state index in [0.717, 1.165) is 25.9 Å². The van der Waals surface area contributed by atoms with Crippen LogP contribution < -0.4 is 10.6 Å². The molecular weight excluding hydrogens is 155 g/mol. The Morgan fingerprint density at radius 2 is 2.33 bits per heavy atom. The van der Waals surface area contributed by atoms with Crippen molar-refractivity contribution in [1.29, 1.82) is 0 Å². The fourth-order valence-corrected chi connectivity index (χ4v) is 1.67. The molecule has 0 spiro atoms. The van der Waals surface area contributed by atoms with Gasteiger partial charge in [0.15, 0.2) is 0 Å². The topological polar surface area (TPSA) is 24.1 Å². The van der Waals surface area contributed by atoms with Crippen molar-refractivity contribution in [3.05, 3.63) is 0 Å². The summed E-state index contributed by atoms with van der Waals surface area (Å²) in [4.78, 5) is 0. The first kappa shape index (κ1) is 8.45. The minimum atomic E-state index is -0.836. The average molecular weight is 172 g/mol. The Kier molecular flexibility index (Phi) is 2.33. The number of nitrogens with one attached hydrogen (secondary N) is 2. The number of halogens is 1. The van der Waals surface area contributed by atoms with E-state index in [1.807, 2.05) is 0 Å². The lowest BCUT2D eigenvalue weighted by molar-refractivity contribution is 0.270. The summed E-state index contributed by atoms with van der Waals surface area (Å²) in [6.45, 7) is 2.70. The van der Waals surface area contributed by atoms with Crippen molar-refractivity contribution in [3.8, 4) is 0 Å². The SMILES string of the molecule is FC1(CNC2CCCNC2)CC1. The monoisotopic (exact) mass is 172 g/mol. The molecule has 1 atom stereocenters. The number of piperidine rings is 1. The Hall–Kier alpha value is -0.150. The van der Waals surface area contributed by atoms with Crippen molar-refractivity contribution in [3.63, 3.8) is 0 Å². The van der Waals surface area contributed by atoms with E-state index < -0.39 is 5.67 Å². The number of hydrogen-bond donors (Lipinski definition) is 2. The van der Waals surface area contributed by atoms with E-state index in [4.69, 9.17) is 0 Å². The molecule has 12 heavy (non-hydrogen) atoms. The first-order valence-corrected chi connectivity index (χ1v) is 4.92. The Morgan fingerprint density at radius 3 is 2.92 bits per heavy atom. The quantitative estimate of drug-likeness (QED) is 0.659. The highest BCUT2D eigenvalue weighted by molar-refractivity contribution is 4.97. The van der Waals surface area contributed by atoms with Crippen molar-refractivity contribution in [2.45, 2.75) is 37.4 Å². The second kappa shape index (κ2) is 3.30. The zero-order valence-corrected chi connectivity index (χ0v) is 7.41. The molecule has 2 fully saturated rings. The third-order valence-electron chi connectivity index (χ3n) is 2.80. The van der Waals surface area contributed by atoms with Gasteiger partial charge in [-0.05, 0) is 32.2 Å². The standard InChI is InChI=1S/C9H17FN2/c10-9(3-4-9)7-12-8-2-1-5-11-6-8/h8,11-12H,1-7H2. The Labute approximate surface area is 72.9 Å². The minimum Gasteiger partial charge on any atom is -0.315 e. The number of hydrogen-bond acceptors (Lipinski definition) is 2. The summed E-state index contributed by atoms with van der Waals surface area (Å²) in [6, 6.07) is 0.506. The van der Waals surface area contributed by atoms with Gasteiger partial charge >= 0.3 is 0 Å². The highest BCUT2D eigenvalue weighted by atomic mass is 19.1. The molecule has 2 N–H and O–H groups in total. The molecule has 1 heterocycles. The maximum atomic E-state index is 13.2. The molecule has 0 amide bonds. The van der Waals surface area contributed by atoms with Crippen LogP contribution in [0.2, 0.25) is 0 Å². The van der Waals surface area contributed by atoms with Crippen molar-refractivity contribution in [2.75, 3.05) is 19.6 Å². The first-order valence-electron chi connectivity index (χ1n) is 4.92. The van der Waals surface area contributed by atoms with Crippen molar-refractivity contribution < 1.29 is 4.39 Å². The van der Waals surface area contributed by atoms with E-state index in [0.29, 0.717) is 12.6 Å². The van der Waals surface area contributed by atoms with Crippen LogP contribution >= 0.6 is 0 Å². The highest BCUT2D eigenvalue weighted by Crippen LogP contribution is 2.38. The molecule has 2 nitrogen and oxygen atoms in total. The van der Waals surface area contributed by atoms with Crippen LogP contribution in [0.4, 0.5) is 4.39 Å².